The molecule has 2 aliphatic rings. The third kappa shape index (κ3) is 41.7. The summed E-state index contributed by atoms with van der Waals surface area (Å²) in [5.41, 5.74) is 0. The van der Waals surface area contributed by atoms with Crippen molar-refractivity contribution in [2.45, 2.75) is 12.8 Å². The summed E-state index contributed by atoms with van der Waals surface area (Å²) in [6.45, 7) is 41.9. The Kier molecular flexibility index (Phi) is 27.4. The van der Waals surface area contributed by atoms with E-state index in [9.17, 15) is 0 Å². The molecule has 0 bridgehead atoms. The van der Waals surface area contributed by atoms with Gasteiger partial charge in [0.1, 0.15) is 7.21 Å². The second-order valence-corrected chi connectivity index (χ2v) is 49.0. The molecule has 0 aromatic rings. The van der Waals surface area contributed by atoms with Crippen molar-refractivity contribution in [1.82, 2.24) is 24.5 Å². The van der Waals surface area contributed by atoms with Gasteiger partial charge >= 0.3 is 0 Å². The molecule has 0 aromatic heterocycles. The van der Waals surface area contributed by atoms with Crippen LogP contribution in [0.4, 0.5) is 0 Å². The highest BCUT2D eigenvalue weighted by Gasteiger charge is 2.34. The SMILES string of the molecule is CN(C)CCCCN(C)C.CN(C)CCN(C)C.CP(C)(C)=S.CP1(C)=NP(C)(C)=NP(C)(C)=N1.CP1(C)=NP(C)(C)=N[P+](C)(C)NP(C)(C)=N1. The predicted molar refractivity (Wildman–Crippen MR) is 265 cm³/mol. The first-order chi connectivity index (χ1) is 22.2. The molecule has 11 nitrogen and oxygen atoms in total. The number of nitrogens with zero attached hydrogens (tertiary/aromatic N) is 10. The molecule has 2 heterocycles. The highest BCUT2D eigenvalue weighted by Crippen LogP contribution is 2.73. The maximum Gasteiger partial charge on any atom is 0.198 e. The standard InChI is InChI=1S/C8H25N4P4.C8H20N2.C6H18N3P3.C6H16N2.C3H9PS/c1-13(2)9-14(3,4)11-16(7,8)12-15(5,6)10-13;1-9(2)7-5-6-8-10(3)4;1-10(2)7-11(3,4)9-12(5,6)8-10;1-7(2)5-6-8(3)4;1-4(2,3)5/h9H,1-8H3;5-8H2,1-4H3;1-6H3;5-6H2,1-4H3;1-3H3/q+1;;;;. The van der Waals surface area contributed by atoms with E-state index in [2.05, 4.69) is 194 Å². The molecule has 0 atom stereocenters. The molecular weight excluding hydrogens is 806 g/mol. The average molecular weight is 895 g/mol. The molecule has 0 radical (unpaired) electrons. The molecule has 0 amide bonds. The Hall–Kier alpha value is 2.26. The van der Waals surface area contributed by atoms with Crippen LogP contribution in [-0.2, 0) is 11.8 Å². The zero-order chi connectivity index (χ0) is 41.5. The summed E-state index contributed by atoms with van der Waals surface area (Å²) in [6.07, 6.45) is 2.62. The number of likely N-dealkylation sites (N-methyl/N-ethyl adjacent to an activating group) is 2. The Morgan fingerprint density at radius 3 is 0.961 bits per heavy atom. The number of rotatable bonds is 8. The minimum atomic E-state index is -1.50. The summed E-state index contributed by atoms with van der Waals surface area (Å²) in [6, 6.07) is -0.806. The molecule has 0 aromatic carbocycles. The molecule has 51 heavy (non-hydrogen) atoms. The van der Waals surface area contributed by atoms with Crippen LogP contribution in [0, 0.1) is 0 Å². The van der Waals surface area contributed by atoms with Gasteiger partial charge in [-0.2, -0.15) is 0 Å². The molecular formula is C31H88N11P8S+. The quantitative estimate of drug-likeness (QED) is 0.192. The van der Waals surface area contributed by atoms with Crippen LogP contribution in [-0.4, -0.2) is 215 Å². The first-order valence-electron chi connectivity index (χ1n) is 17.5. The van der Waals surface area contributed by atoms with Gasteiger partial charge in [0.2, 0.25) is 0 Å². The molecule has 0 saturated heterocycles. The molecule has 0 fully saturated rings. The van der Waals surface area contributed by atoms with Gasteiger partial charge in [-0.25, -0.2) is 22.6 Å². The Morgan fingerprint density at radius 1 is 0.471 bits per heavy atom. The highest BCUT2D eigenvalue weighted by atomic mass is 32.4. The zero-order valence-electron chi connectivity index (χ0n) is 38.2. The summed E-state index contributed by atoms with van der Waals surface area (Å²) in [7, 11) is 7.06. The van der Waals surface area contributed by atoms with Crippen LogP contribution in [0.5, 0.6) is 0 Å². The normalized spacial score (nSPS) is 21.5. The zero-order valence-corrected chi connectivity index (χ0v) is 46.2. The number of hydrogen-bond donors (Lipinski definition) is 1. The average Bonchev–Trinajstić information content (AvgIpc) is 2.73. The third-order valence-electron chi connectivity index (χ3n) is 5.58. The van der Waals surface area contributed by atoms with Crippen LogP contribution in [0.25, 0.3) is 0 Å². The lowest BCUT2D eigenvalue weighted by atomic mass is 10.3. The fraction of sp³-hybridized carbons (Fsp3) is 1.00. The Bertz CT molecular complexity index is 1310. The van der Waals surface area contributed by atoms with Crippen LogP contribution in [0.1, 0.15) is 12.8 Å². The van der Waals surface area contributed by atoms with Crippen molar-refractivity contribution in [2.24, 2.45) is 27.1 Å². The van der Waals surface area contributed by atoms with Crippen molar-refractivity contribution in [3.63, 3.8) is 0 Å². The van der Waals surface area contributed by atoms with Gasteiger partial charge < -0.3 is 19.6 Å². The van der Waals surface area contributed by atoms with E-state index in [1.807, 2.05) is 0 Å². The van der Waals surface area contributed by atoms with E-state index in [0.29, 0.717) is 0 Å². The van der Waals surface area contributed by atoms with Crippen molar-refractivity contribution in [1.29, 1.82) is 0 Å². The summed E-state index contributed by atoms with van der Waals surface area (Å²) < 4.78 is 29.3. The van der Waals surface area contributed by atoms with Crippen LogP contribution in [0.15, 0.2) is 27.1 Å². The van der Waals surface area contributed by atoms with Gasteiger partial charge in [0, 0.05) is 13.1 Å². The lowest BCUT2D eigenvalue weighted by Crippen LogP contribution is -2.25. The topological polar surface area (TPSA) is 99.1 Å². The van der Waals surface area contributed by atoms with Gasteiger partial charge in [-0.15, -0.1) is 9.37 Å². The van der Waals surface area contributed by atoms with Crippen LogP contribution in [0.2, 0.25) is 0 Å². The van der Waals surface area contributed by atoms with E-state index in [1.165, 1.54) is 25.9 Å². The Morgan fingerprint density at radius 2 is 0.706 bits per heavy atom. The number of hydrogen-bond acceptors (Lipinski definition) is 12. The van der Waals surface area contributed by atoms with E-state index in [0.717, 1.165) is 13.1 Å². The largest absolute Gasteiger partial charge is 0.309 e. The summed E-state index contributed by atoms with van der Waals surface area (Å²) >= 11 is 4.94. The summed E-state index contributed by atoms with van der Waals surface area (Å²) in [4.78, 5) is 12.6. The van der Waals surface area contributed by atoms with Crippen molar-refractivity contribution >= 4 is 68.6 Å². The second kappa shape index (κ2) is 24.2. The van der Waals surface area contributed by atoms with Crippen LogP contribution < -0.4 is 4.86 Å². The molecule has 20 heteroatoms. The predicted octanol–water partition coefficient (Wildman–Crippen LogP) is 11.3. The number of nitrogens with one attached hydrogen (secondary N) is 1. The molecule has 0 saturated carbocycles. The van der Waals surface area contributed by atoms with E-state index in [1.54, 1.807) is 0 Å². The van der Waals surface area contributed by atoms with Crippen molar-refractivity contribution in [2.75, 3.05) is 196 Å². The van der Waals surface area contributed by atoms with E-state index in [4.69, 9.17) is 38.9 Å². The van der Waals surface area contributed by atoms with Gasteiger partial charge in [0.15, 0.2) is 7.56 Å². The Balaban J connectivity index is -0.000000592. The van der Waals surface area contributed by atoms with Gasteiger partial charge in [0.05, 0.1) is 49.4 Å². The molecule has 2 rings (SSSR count). The number of unbranched alkanes of at least 4 members (excludes halogenated alkanes) is 1. The molecule has 2 aliphatic heterocycles. The van der Waals surface area contributed by atoms with Crippen LogP contribution >= 0.6 is 56.8 Å². The summed E-state index contributed by atoms with van der Waals surface area (Å²) in [5.74, 6) is 0. The van der Waals surface area contributed by atoms with E-state index in [-0.39, 0.29) is 0 Å². The van der Waals surface area contributed by atoms with Gasteiger partial charge in [-0.05, 0) is 182 Å². The van der Waals surface area contributed by atoms with Gasteiger partial charge in [-0.1, -0.05) is 17.8 Å². The molecule has 0 aliphatic carbocycles. The molecule has 1 N–H and O–H groups in total. The maximum absolute atomic E-state index is 5.03. The van der Waals surface area contributed by atoms with Gasteiger partial charge in [-0.3, -0.25) is 0 Å². The minimum Gasteiger partial charge on any atom is -0.309 e. The molecule has 312 valence electrons. The highest BCUT2D eigenvalue weighted by molar-refractivity contribution is 8.13. The fourth-order valence-electron chi connectivity index (χ4n) is 5.22. The van der Waals surface area contributed by atoms with Crippen molar-refractivity contribution < 1.29 is 0 Å². The first kappa shape index (κ1) is 57.6. The fourth-order valence-corrected chi connectivity index (χ4v) is 39.3. The summed E-state index contributed by atoms with van der Waals surface area (Å²) in [5, 5.41) is 0. The molecule has 0 unspecified atom stereocenters. The lowest BCUT2D eigenvalue weighted by Gasteiger charge is -2.28. The lowest BCUT2D eigenvalue weighted by molar-refractivity contribution is 0.320. The maximum atomic E-state index is 5.03. The van der Waals surface area contributed by atoms with Crippen LogP contribution in [0.3, 0.4) is 0 Å². The van der Waals surface area contributed by atoms with Crippen molar-refractivity contribution in [3.05, 3.63) is 0 Å². The van der Waals surface area contributed by atoms with E-state index >= 15 is 0 Å². The monoisotopic (exact) mass is 894 g/mol. The Labute approximate surface area is 327 Å². The van der Waals surface area contributed by atoms with Gasteiger partial charge in [0.25, 0.3) is 0 Å². The first-order valence-corrected chi connectivity index (χ1v) is 39.8. The minimum absolute atomic E-state index is 0.806. The smallest absolute Gasteiger partial charge is 0.198 e. The molecule has 0 spiro atoms. The second-order valence-electron chi connectivity index (χ2n) is 17.9. The third-order valence-corrected chi connectivity index (χ3v) is 30.6. The van der Waals surface area contributed by atoms with Crippen molar-refractivity contribution in [3.8, 4) is 0 Å². The van der Waals surface area contributed by atoms with E-state index < -0.39 is 56.8 Å².